The Morgan fingerprint density at radius 2 is 2.25 bits per heavy atom. The zero-order valence-corrected chi connectivity index (χ0v) is 8.86. The van der Waals surface area contributed by atoms with Crippen LogP contribution >= 0.6 is 0 Å². The average Bonchev–Trinajstić information content (AvgIpc) is 2.30. The Morgan fingerprint density at radius 1 is 1.56 bits per heavy atom. The SMILES string of the molecule is COC(=O)[C@H](C)Oc1ccc(C#N)cc1F. The molecule has 0 aromatic heterocycles. The van der Waals surface area contributed by atoms with Gasteiger partial charge in [0.2, 0.25) is 0 Å². The van der Waals surface area contributed by atoms with Crippen LogP contribution in [-0.4, -0.2) is 19.2 Å². The van der Waals surface area contributed by atoms with E-state index in [1.54, 1.807) is 6.07 Å². The highest BCUT2D eigenvalue weighted by Gasteiger charge is 2.16. The van der Waals surface area contributed by atoms with Gasteiger partial charge in [-0.15, -0.1) is 0 Å². The summed E-state index contributed by atoms with van der Waals surface area (Å²) in [4.78, 5) is 11.0. The van der Waals surface area contributed by atoms with E-state index in [4.69, 9.17) is 10.00 Å². The summed E-state index contributed by atoms with van der Waals surface area (Å²) in [5.74, 6) is -1.37. The third-order valence-electron chi connectivity index (χ3n) is 1.90. The highest BCUT2D eigenvalue weighted by molar-refractivity contribution is 5.74. The smallest absolute Gasteiger partial charge is 0.346 e. The minimum Gasteiger partial charge on any atom is -0.476 e. The van der Waals surface area contributed by atoms with Crippen molar-refractivity contribution in [3.63, 3.8) is 0 Å². The van der Waals surface area contributed by atoms with Gasteiger partial charge in [0, 0.05) is 0 Å². The van der Waals surface area contributed by atoms with Gasteiger partial charge in [-0.2, -0.15) is 5.26 Å². The molecule has 5 heteroatoms. The molecule has 1 aromatic rings. The van der Waals surface area contributed by atoms with Gasteiger partial charge >= 0.3 is 5.97 Å². The van der Waals surface area contributed by atoms with Crippen LogP contribution in [0.1, 0.15) is 12.5 Å². The molecule has 1 aromatic carbocycles. The first-order chi connectivity index (χ1) is 7.58. The van der Waals surface area contributed by atoms with Crippen molar-refractivity contribution in [2.24, 2.45) is 0 Å². The molecule has 0 radical (unpaired) electrons. The Labute approximate surface area is 92.2 Å². The van der Waals surface area contributed by atoms with Gasteiger partial charge in [0.25, 0.3) is 0 Å². The molecule has 4 nitrogen and oxygen atoms in total. The predicted molar refractivity (Wildman–Crippen MR) is 53.2 cm³/mol. The highest BCUT2D eigenvalue weighted by Crippen LogP contribution is 2.19. The minimum atomic E-state index is -0.896. The van der Waals surface area contributed by atoms with Gasteiger partial charge in [-0.25, -0.2) is 9.18 Å². The van der Waals surface area contributed by atoms with Gasteiger partial charge in [0.1, 0.15) is 0 Å². The van der Waals surface area contributed by atoms with Crippen LogP contribution < -0.4 is 4.74 Å². The van der Waals surface area contributed by atoms with Crippen molar-refractivity contribution in [3.8, 4) is 11.8 Å². The second-order valence-electron chi connectivity index (χ2n) is 3.04. The maximum atomic E-state index is 13.3. The summed E-state index contributed by atoms with van der Waals surface area (Å²) in [7, 11) is 1.22. The van der Waals surface area contributed by atoms with Crippen molar-refractivity contribution < 1.29 is 18.7 Å². The largest absolute Gasteiger partial charge is 0.476 e. The quantitative estimate of drug-likeness (QED) is 0.731. The molecule has 84 valence electrons. The summed E-state index contributed by atoms with van der Waals surface area (Å²) in [6.45, 7) is 1.45. The average molecular weight is 223 g/mol. The fourth-order valence-electron chi connectivity index (χ4n) is 1.07. The molecule has 0 unspecified atom stereocenters. The number of hydrogen-bond donors (Lipinski definition) is 0. The van der Waals surface area contributed by atoms with Crippen LogP contribution in [0.5, 0.6) is 5.75 Å². The number of methoxy groups -OCH3 is 1. The number of hydrogen-bond acceptors (Lipinski definition) is 4. The third-order valence-corrected chi connectivity index (χ3v) is 1.90. The Hall–Kier alpha value is -2.09. The molecule has 0 saturated heterocycles. The zero-order valence-electron chi connectivity index (χ0n) is 8.86. The second kappa shape index (κ2) is 5.12. The van der Waals surface area contributed by atoms with Gasteiger partial charge in [0.15, 0.2) is 17.7 Å². The van der Waals surface area contributed by atoms with Crippen LogP contribution in [0.4, 0.5) is 4.39 Å². The predicted octanol–water partition coefficient (Wildman–Crippen LogP) is 1.64. The third kappa shape index (κ3) is 2.70. The van der Waals surface area contributed by atoms with Crippen LogP contribution in [0.2, 0.25) is 0 Å². The minimum absolute atomic E-state index is 0.0862. The molecule has 0 saturated carbocycles. The topological polar surface area (TPSA) is 59.3 Å². The van der Waals surface area contributed by atoms with Crippen molar-refractivity contribution in [1.82, 2.24) is 0 Å². The molecule has 16 heavy (non-hydrogen) atoms. The number of rotatable bonds is 3. The van der Waals surface area contributed by atoms with E-state index in [2.05, 4.69) is 4.74 Å². The number of benzene rings is 1. The highest BCUT2D eigenvalue weighted by atomic mass is 19.1. The van der Waals surface area contributed by atoms with Gasteiger partial charge in [-0.05, 0) is 25.1 Å². The fourth-order valence-corrected chi connectivity index (χ4v) is 1.07. The molecular weight excluding hydrogens is 213 g/mol. The first-order valence-corrected chi connectivity index (χ1v) is 4.52. The Bertz CT molecular complexity index is 439. The molecule has 0 spiro atoms. The summed E-state index contributed by atoms with van der Waals surface area (Å²) in [6.07, 6.45) is -0.896. The number of carbonyl (C=O) groups is 1. The van der Waals surface area contributed by atoms with E-state index in [1.807, 2.05) is 0 Å². The number of esters is 1. The van der Waals surface area contributed by atoms with Crippen molar-refractivity contribution in [1.29, 1.82) is 5.26 Å². The second-order valence-corrected chi connectivity index (χ2v) is 3.04. The Morgan fingerprint density at radius 3 is 2.75 bits per heavy atom. The summed E-state index contributed by atoms with van der Waals surface area (Å²) >= 11 is 0. The van der Waals surface area contributed by atoms with E-state index in [0.717, 1.165) is 6.07 Å². The zero-order chi connectivity index (χ0) is 12.1. The first-order valence-electron chi connectivity index (χ1n) is 4.52. The summed E-state index contributed by atoms with van der Waals surface area (Å²) < 4.78 is 22.8. The summed E-state index contributed by atoms with van der Waals surface area (Å²) in [6, 6.07) is 5.54. The van der Waals surface area contributed by atoms with Crippen LogP contribution in [0.25, 0.3) is 0 Å². The van der Waals surface area contributed by atoms with Crippen molar-refractivity contribution in [2.75, 3.05) is 7.11 Å². The Kier molecular flexibility index (Phi) is 3.84. The van der Waals surface area contributed by atoms with Gasteiger partial charge in [0.05, 0.1) is 18.7 Å². The number of nitrogens with zero attached hydrogens (tertiary/aromatic N) is 1. The van der Waals surface area contributed by atoms with Crippen LogP contribution in [0, 0.1) is 17.1 Å². The molecule has 0 aliphatic heterocycles. The molecule has 0 heterocycles. The lowest BCUT2D eigenvalue weighted by Crippen LogP contribution is -2.25. The first kappa shape index (κ1) is 12.0. The van der Waals surface area contributed by atoms with E-state index < -0.39 is 17.9 Å². The van der Waals surface area contributed by atoms with Crippen molar-refractivity contribution in [3.05, 3.63) is 29.6 Å². The molecule has 1 rings (SSSR count). The van der Waals surface area contributed by atoms with Crippen LogP contribution in [0.15, 0.2) is 18.2 Å². The number of halogens is 1. The fraction of sp³-hybridized carbons (Fsp3) is 0.273. The van der Waals surface area contributed by atoms with Crippen LogP contribution in [0.3, 0.4) is 0 Å². The van der Waals surface area contributed by atoms with E-state index in [9.17, 15) is 9.18 Å². The van der Waals surface area contributed by atoms with Gasteiger partial charge < -0.3 is 9.47 Å². The molecule has 0 aliphatic rings. The lowest BCUT2D eigenvalue weighted by molar-refractivity contribution is -0.148. The maximum absolute atomic E-state index is 13.3. The Balaban J connectivity index is 2.83. The standard InChI is InChI=1S/C11H10FNO3/c1-7(11(14)15-2)16-10-4-3-8(6-13)5-9(10)12/h3-5,7H,1-2H3/t7-/m0/s1. The summed E-state index contributed by atoms with van der Waals surface area (Å²) in [5.41, 5.74) is 0.190. The monoisotopic (exact) mass is 223 g/mol. The number of nitriles is 1. The lowest BCUT2D eigenvalue weighted by atomic mass is 10.2. The normalized spacial score (nSPS) is 11.4. The molecule has 0 aliphatic carbocycles. The molecule has 0 fully saturated rings. The molecular formula is C11H10FNO3. The summed E-state index contributed by atoms with van der Waals surface area (Å²) in [5, 5.41) is 8.53. The van der Waals surface area contributed by atoms with Crippen LogP contribution in [-0.2, 0) is 9.53 Å². The lowest BCUT2D eigenvalue weighted by Gasteiger charge is -2.12. The molecule has 0 amide bonds. The molecule has 1 atom stereocenters. The van der Waals surface area contributed by atoms with E-state index in [1.165, 1.54) is 26.2 Å². The van der Waals surface area contributed by atoms with Gasteiger partial charge in [-0.1, -0.05) is 0 Å². The number of carbonyl (C=O) groups excluding carboxylic acids is 1. The maximum Gasteiger partial charge on any atom is 0.346 e. The molecule has 0 N–H and O–H groups in total. The van der Waals surface area contributed by atoms with E-state index in [-0.39, 0.29) is 11.3 Å². The van der Waals surface area contributed by atoms with Crippen molar-refractivity contribution in [2.45, 2.75) is 13.0 Å². The van der Waals surface area contributed by atoms with Gasteiger partial charge in [-0.3, -0.25) is 0 Å². The molecule has 0 bridgehead atoms. The van der Waals surface area contributed by atoms with E-state index in [0.29, 0.717) is 0 Å². The van der Waals surface area contributed by atoms with Crippen molar-refractivity contribution >= 4 is 5.97 Å². The van der Waals surface area contributed by atoms with E-state index >= 15 is 0 Å². The number of ether oxygens (including phenoxy) is 2.